The van der Waals surface area contributed by atoms with Gasteiger partial charge in [-0.05, 0) is 56.4 Å². The van der Waals surface area contributed by atoms with E-state index in [1.165, 1.54) is 0 Å². The monoisotopic (exact) mass is 343 g/mol. The fourth-order valence-corrected chi connectivity index (χ4v) is 5.97. The number of sulfonamides is 1. The summed E-state index contributed by atoms with van der Waals surface area (Å²) < 4.78 is 27.5. The molecule has 2 fully saturated rings. The van der Waals surface area contributed by atoms with Crippen molar-refractivity contribution in [3.63, 3.8) is 0 Å². The molecule has 1 saturated heterocycles. The summed E-state index contributed by atoms with van der Waals surface area (Å²) in [6, 6.07) is 4.88. The van der Waals surface area contributed by atoms with Crippen LogP contribution in [0.25, 0.3) is 0 Å². The van der Waals surface area contributed by atoms with Crippen LogP contribution in [0.2, 0.25) is 5.02 Å². The van der Waals surface area contributed by atoms with Gasteiger partial charge in [-0.1, -0.05) is 18.0 Å². The average Bonchev–Trinajstić information content (AvgIpc) is 2.79. The molecule has 1 N–H and O–H groups in total. The van der Waals surface area contributed by atoms with Crippen molar-refractivity contribution in [3.8, 4) is 0 Å². The normalized spacial score (nSPS) is 30.0. The molecular weight excluding hydrogens is 322 g/mol. The van der Waals surface area contributed by atoms with Crippen LogP contribution >= 0.6 is 11.6 Å². The van der Waals surface area contributed by atoms with Crippen LogP contribution in [0.1, 0.15) is 37.7 Å². The number of aryl methyl sites for hydroxylation is 1. The zero-order valence-corrected chi connectivity index (χ0v) is 14.3. The summed E-state index contributed by atoms with van der Waals surface area (Å²) in [6.45, 7) is 2.72. The lowest BCUT2D eigenvalue weighted by atomic mass is 9.77. The fourth-order valence-electron chi connectivity index (χ4n) is 3.96. The highest BCUT2D eigenvalue weighted by Gasteiger charge is 2.47. The molecule has 3 rings (SSSR count). The summed E-state index contributed by atoms with van der Waals surface area (Å²) in [6.07, 6.45) is 4.03. The van der Waals surface area contributed by atoms with Gasteiger partial charge in [0.25, 0.3) is 0 Å². The smallest absolute Gasteiger partial charge is 0.243 e. The van der Waals surface area contributed by atoms with Crippen LogP contribution in [0, 0.1) is 12.3 Å². The van der Waals surface area contributed by atoms with Crippen molar-refractivity contribution >= 4 is 21.6 Å². The number of nitrogens with zero attached hydrogens (tertiary/aromatic N) is 1. The van der Waals surface area contributed by atoms with Gasteiger partial charge in [0.15, 0.2) is 0 Å². The van der Waals surface area contributed by atoms with Crippen molar-refractivity contribution in [2.24, 2.45) is 5.41 Å². The number of piperidine rings is 1. The lowest BCUT2D eigenvalue weighted by molar-refractivity contribution is 0.0127. The van der Waals surface area contributed by atoms with Crippen LogP contribution in [-0.2, 0) is 10.0 Å². The molecule has 1 heterocycles. The number of benzene rings is 1. The van der Waals surface area contributed by atoms with Crippen LogP contribution in [0.15, 0.2) is 23.1 Å². The lowest BCUT2D eigenvalue weighted by Crippen LogP contribution is -2.49. The Hall–Kier alpha value is -0.620. The SMILES string of the molecule is Cc1cc(Cl)ccc1S(=O)(=O)N1CCC[C@]2(CCCC2O)C1. The Morgan fingerprint density at radius 3 is 2.68 bits per heavy atom. The van der Waals surface area contributed by atoms with Gasteiger partial charge in [0.05, 0.1) is 11.0 Å². The highest BCUT2D eigenvalue weighted by Crippen LogP contribution is 2.46. The van der Waals surface area contributed by atoms with E-state index in [4.69, 9.17) is 11.6 Å². The molecule has 2 aliphatic rings. The van der Waals surface area contributed by atoms with E-state index in [0.29, 0.717) is 28.6 Å². The van der Waals surface area contributed by atoms with E-state index in [2.05, 4.69) is 0 Å². The highest BCUT2D eigenvalue weighted by molar-refractivity contribution is 7.89. The second-order valence-corrected chi connectivity index (χ2v) is 8.97. The van der Waals surface area contributed by atoms with Gasteiger partial charge in [0.1, 0.15) is 0 Å². The maximum absolute atomic E-state index is 13.0. The predicted octanol–water partition coefficient (Wildman–Crippen LogP) is 2.96. The third kappa shape index (κ3) is 2.68. The molecule has 4 nitrogen and oxygen atoms in total. The first kappa shape index (κ1) is 16.2. The highest BCUT2D eigenvalue weighted by atomic mass is 35.5. The van der Waals surface area contributed by atoms with Gasteiger partial charge in [-0.15, -0.1) is 0 Å². The van der Waals surface area contributed by atoms with Gasteiger partial charge in [0.2, 0.25) is 10.0 Å². The molecule has 0 aromatic heterocycles. The number of aliphatic hydroxyl groups is 1. The minimum atomic E-state index is -3.53. The minimum Gasteiger partial charge on any atom is -0.392 e. The van der Waals surface area contributed by atoms with E-state index in [-0.39, 0.29) is 11.5 Å². The second kappa shape index (κ2) is 5.78. The van der Waals surface area contributed by atoms with E-state index in [1.54, 1.807) is 29.4 Å². The van der Waals surface area contributed by atoms with Gasteiger partial charge in [0, 0.05) is 23.5 Å². The molecule has 0 bridgehead atoms. The Morgan fingerprint density at radius 1 is 1.32 bits per heavy atom. The van der Waals surface area contributed by atoms with Gasteiger partial charge in [-0.3, -0.25) is 0 Å². The molecule has 1 spiro atoms. The van der Waals surface area contributed by atoms with Crippen molar-refractivity contribution in [3.05, 3.63) is 28.8 Å². The van der Waals surface area contributed by atoms with Crippen molar-refractivity contribution < 1.29 is 13.5 Å². The van der Waals surface area contributed by atoms with Gasteiger partial charge in [-0.2, -0.15) is 4.31 Å². The molecule has 2 atom stereocenters. The van der Waals surface area contributed by atoms with Crippen LogP contribution < -0.4 is 0 Å². The number of hydrogen-bond acceptors (Lipinski definition) is 3. The number of halogens is 1. The number of hydrogen-bond donors (Lipinski definition) is 1. The first-order valence-electron chi connectivity index (χ1n) is 7.80. The van der Waals surface area contributed by atoms with Crippen molar-refractivity contribution in [1.29, 1.82) is 0 Å². The third-order valence-corrected chi connectivity index (χ3v) is 7.43. The Labute approximate surface area is 137 Å². The van der Waals surface area contributed by atoms with Crippen LogP contribution in [0.4, 0.5) is 0 Å². The Morgan fingerprint density at radius 2 is 2.05 bits per heavy atom. The van der Waals surface area contributed by atoms with Gasteiger partial charge >= 0.3 is 0 Å². The molecule has 122 valence electrons. The zero-order valence-electron chi connectivity index (χ0n) is 12.8. The van der Waals surface area contributed by atoms with Gasteiger partial charge < -0.3 is 5.11 Å². The van der Waals surface area contributed by atoms with Crippen molar-refractivity contribution in [2.45, 2.75) is 50.0 Å². The Bertz CT molecular complexity index is 676. The maximum Gasteiger partial charge on any atom is 0.243 e. The summed E-state index contributed by atoms with van der Waals surface area (Å²) >= 11 is 5.93. The summed E-state index contributed by atoms with van der Waals surface area (Å²) in [5.74, 6) is 0. The summed E-state index contributed by atoms with van der Waals surface area (Å²) in [4.78, 5) is 0.321. The minimum absolute atomic E-state index is 0.244. The van der Waals surface area contributed by atoms with E-state index in [9.17, 15) is 13.5 Å². The average molecular weight is 344 g/mol. The Balaban J connectivity index is 1.92. The standard InChI is InChI=1S/C16H22ClNO3S/c1-12-10-13(17)5-6-14(12)22(20,21)18-9-3-8-16(11-18)7-2-4-15(16)19/h5-6,10,15,19H,2-4,7-9,11H2,1H3/t15?,16-/m1/s1. The van der Waals surface area contributed by atoms with Crippen molar-refractivity contribution in [2.75, 3.05) is 13.1 Å². The Kier molecular flexibility index (Phi) is 4.27. The first-order valence-corrected chi connectivity index (χ1v) is 9.61. The number of rotatable bonds is 2. The fraction of sp³-hybridized carbons (Fsp3) is 0.625. The molecule has 1 saturated carbocycles. The molecule has 1 aliphatic heterocycles. The van der Waals surface area contributed by atoms with Crippen LogP contribution in [-0.4, -0.2) is 37.0 Å². The predicted molar refractivity (Wildman–Crippen MR) is 86.5 cm³/mol. The molecule has 1 aromatic rings. The quantitative estimate of drug-likeness (QED) is 0.898. The molecule has 0 radical (unpaired) electrons. The van der Waals surface area contributed by atoms with Crippen LogP contribution in [0.3, 0.4) is 0 Å². The third-order valence-electron chi connectivity index (χ3n) is 5.19. The lowest BCUT2D eigenvalue weighted by Gasteiger charge is -2.42. The van der Waals surface area contributed by atoms with E-state index in [1.807, 2.05) is 0 Å². The van der Waals surface area contributed by atoms with E-state index < -0.39 is 10.0 Å². The topological polar surface area (TPSA) is 57.6 Å². The van der Waals surface area contributed by atoms with E-state index >= 15 is 0 Å². The molecule has 1 unspecified atom stereocenters. The largest absolute Gasteiger partial charge is 0.392 e. The second-order valence-electron chi connectivity index (χ2n) is 6.62. The molecule has 1 aliphatic carbocycles. The summed E-state index contributed by atoms with van der Waals surface area (Å²) in [7, 11) is -3.53. The zero-order chi connectivity index (χ0) is 16.0. The molecule has 1 aromatic carbocycles. The number of aliphatic hydroxyl groups excluding tert-OH is 1. The molecular formula is C16H22ClNO3S. The van der Waals surface area contributed by atoms with Crippen molar-refractivity contribution in [1.82, 2.24) is 4.31 Å². The van der Waals surface area contributed by atoms with E-state index in [0.717, 1.165) is 32.1 Å². The maximum atomic E-state index is 13.0. The van der Waals surface area contributed by atoms with Gasteiger partial charge in [-0.25, -0.2) is 8.42 Å². The summed E-state index contributed by atoms with van der Waals surface area (Å²) in [5.41, 5.74) is 0.421. The first-order chi connectivity index (χ1) is 10.3. The molecule has 0 amide bonds. The molecule has 6 heteroatoms. The summed E-state index contributed by atoms with van der Waals surface area (Å²) in [5, 5.41) is 10.9. The van der Waals surface area contributed by atoms with Crippen LogP contribution in [0.5, 0.6) is 0 Å². The molecule has 22 heavy (non-hydrogen) atoms.